The van der Waals surface area contributed by atoms with E-state index in [0.29, 0.717) is 25.3 Å². The van der Waals surface area contributed by atoms with Crippen LogP contribution in [0.2, 0.25) is 0 Å². The van der Waals surface area contributed by atoms with E-state index < -0.39 is 0 Å². The summed E-state index contributed by atoms with van der Waals surface area (Å²) < 4.78 is 7.65. The second-order valence-electron chi connectivity index (χ2n) is 8.83. The molecule has 2 heterocycles. The molecule has 35 heavy (non-hydrogen) atoms. The third-order valence-electron chi connectivity index (χ3n) is 6.37. The second-order valence-corrected chi connectivity index (χ2v) is 8.83. The first-order valence-electron chi connectivity index (χ1n) is 12.1. The fourth-order valence-corrected chi connectivity index (χ4v) is 4.32. The Balaban J connectivity index is 1.27. The highest BCUT2D eigenvalue weighted by Crippen LogP contribution is 2.25. The van der Waals surface area contributed by atoms with Gasteiger partial charge in [-0.05, 0) is 31.2 Å². The molecule has 0 aliphatic carbocycles. The van der Waals surface area contributed by atoms with Crippen LogP contribution in [0, 0.1) is 6.92 Å². The SMILES string of the molecule is Cc1ccc(-n2cc(C(=O)N3CCN(CCOc4ccccc4)CC3)c(-c3ccccc3)n2)cc1. The van der Waals surface area contributed by atoms with Gasteiger partial charge in [0.25, 0.3) is 5.91 Å². The predicted molar refractivity (Wildman–Crippen MR) is 138 cm³/mol. The number of carbonyl (C=O) groups is 1. The lowest BCUT2D eigenvalue weighted by atomic mass is 10.1. The van der Waals surface area contributed by atoms with Crippen LogP contribution in [0.1, 0.15) is 15.9 Å². The molecule has 1 aliphatic rings. The van der Waals surface area contributed by atoms with Gasteiger partial charge < -0.3 is 9.64 Å². The quantitative estimate of drug-likeness (QED) is 0.397. The molecule has 0 unspecified atom stereocenters. The standard InChI is InChI=1S/C29H30N4O2/c1-23-12-14-25(15-13-23)33-22-27(28(30-33)24-8-4-2-5-9-24)29(34)32-18-16-31(17-19-32)20-21-35-26-10-6-3-7-11-26/h2-15,22H,16-21H2,1H3. The Bertz CT molecular complexity index is 1250. The van der Waals surface area contributed by atoms with Crippen molar-refractivity contribution in [1.82, 2.24) is 19.6 Å². The molecule has 4 aromatic rings. The molecule has 1 amide bonds. The zero-order chi connectivity index (χ0) is 24.0. The zero-order valence-corrected chi connectivity index (χ0v) is 20.0. The van der Waals surface area contributed by atoms with Gasteiger partial charge >= 0.3 is 0 Å². The van der Waals surface area contributed by atoms with Crippen LogP contribution in [0.5, 0.6) is 5.75 Å². The van der Waals surface area contributed by atoms with Crippen LogP contribution < -0.4 is 4.74 Å². The molecule has 0 spiro atoms. The van der Waals surface area contributed by atoms with Gasteiger partial charge in [-0.1, -0.05) is 66.2 Å². The smallest absolute Gasteiger partial charge is 0.257 e. The molecule has 5 rings (SSSR count). The molecule has 1 fully saturated rings. The number of hydrogen-bond acceptors (Lipinski definition) is 4. The first-order valence-corrected chi connectivity index (χ1v) is 12.1. The van der Waals surface area contributed by atoms with E-state index in [-0.39, 0.29) is 5.91 Å². The number of carbonyl (C=O) groups excluding carboxylic acids is 1. The van der Waals surface area contributed by atoms with E-state index >= 15 is 0 Å². The third-order valence-corrected chi connectivity index (χ3v) is 6.37. The number of rotatable bonds is 7. The average Bonchev–Trinajstić information content (AvgIpc) is 3.36. The summed E-state index contributed by atoms with van der Waals surface area (Å²) in [7, 11) is 0. The minimum Gasteiger partial charge on any atom is -0.492 e. The van der Waals surface area contributed by atoms with Gasteiger partial charge in [-0.2, -0.15) is 5.10 Å². The van der Waals surface area contributed by atoms with Crippen LogP contribution in [-0.2, 0) is 0 Å². The van der Waals surface area contributed by atoms with Gasteiger partial charge in [0.05, 0.1) is 11.3 Å². The van der Waals surface area contributed by atoms with E-state index in [0.717, 1.165) is 42.3 Å². The molecular formula is C29H30N4O2. The highest BCUT2D eigenvalue weighted by Gasteiger charge is 2.26. The van der Waals surface area contributed by atoms with Crippen molar-refractivity contribution in [3.63, 3.8) is 0 Å². The minimum absolute atomic E-state index is 0.0300. The van der Waals surface area contributed by atoms with Crippen molar-refractivity contribution in [2.24, 2.45) is 0 Å². The molecule has 0 bridgehead atoms. The third kappa shape index (κ3) is 5.44. The Morgan fingerprint density at radius 3 is 2.20 bits per heavy atom. The molecule has 0 N–H and O–H groups in total. The van der Waals surface area contributed by atoms with E-state index in [9.17, 15) is 4.79 Å². The van der Waals surface area contributed by atoms with Crippen molar-refractivity contribution in [2.75, 3.05) is 39.3 Å². The van der Waals surface area contributed by atoms with Crippen molar-refractivity contribution in [3.05, 3.63) is 102 Å². The maximum Gasteiger partial charge on any atom is 0.257 e. The van der Waals surface area contributed by atoms with Crippen LogP contribution >= 0.6 is 0 Å². The molecule has 0 radical (unpaired) electrons. The highest BCUT2D eigenvalue weighted by molar-refractivity contribution is 6.00. The van der Waals surface area contributed by atoms with Crippen LogP contribution in [0.15, 0.2) is 91.1 Å². The van der Waals surface area contributed by atoms with Gasteiger partial charge in [0.2, 0.25) is 0 Å². The maximum atomic E-state index is 13.6. The van der Waals surface area contributed by atoms with E-state index in [4.69, 9.17) is 9.84 Å². The molecule has 1 aromatic heterocycles. The summed E-state index contributed by atoms with van der Waals surface area (Å²) >= 11 is 0. The van der Waals surface area contributed by atoms with Crippen molar-refractivity contribution in [2.45, 2.75) is 6.92 Å². The molecule has 178 valence electrons. The topological polar surface area (TPSA) is 50.6 Å². The number of ether oxygens (including phenoxy) is 1. The molecule has 1 aliphatic heterocycles. The van der Waals surface area contributed by atoms with Gasteiger partial charge in [0.15, 0.2) is 0 Å². The Kier molecular flexibility index (Phi) is 6.91. The number of piperazine rings is 1. The largest absolute Gasteiger partial charge is 0.492 e. The van der Waals surface area contributed by atoms with Crippen LogP contribution in [0.3, 0.4) is 0 Å². The molecule has 6 heteroatoms. The van der Waals surface area contributed by atoms with E-state index in [2.05, 4.69) is 24.0 Å². The van der Waals surface area contributed by atoms with Gasteiger partial charge in [-0.25, -0.2) is 4.68 Å². The molecule has 6 nitrogen and oxygen atoms in total. The average molecular weight is 467 g/mol. The maximum absolute atomic E-state index is 13.6. The van der Waals surface area contributed by atoms with Crippen molar-refractivity contribution < 1.29 is 9.53 Å². The number of amides is 1. The van der Waals surface area contributed by atoms with E-state index in [1.807, 2.05) is 88.6 Å². The van der Waals surface area contributed by atoms with Crippen LogP contribution in [0.25, 0.3) is 16.9 Å². The number of benzene rings is 3. The molecule has 1 saturated heterocycles. The Labute approximate surface area is 206 Å². The van der Waals surface area contributed by atoms with Gasteiger partial charge in [0.1, 0.15) is 18.1 Å². The zero-order valence-electron chi connectivity index (χ0n) is 20.0. The van der Waals surface area contributed by atoms with E-state index in [1.165, 1.54) is 5.56 Å². The van der Waals surface area contributed by atoms with Crippen LogP contribution in [0.4, 0.5) is 0 Å². The molecular weight excluding hydrogens is 436 g/mol. The normalized spacial score (nSPS) is 14.1. The first kappa shape index (κ1) is 22.9. The number of aromatic nitrogens is 2. The van der Waals surface area contributed by atoms with Crippen molar-refractivity contribution in [1.29, 1.82) is 0 Å². The summed E-state index contributed by atoms with van der Waals surface area (Å²) in [5, 5.41) is 4.82. The molecule has 0 saturated carbocycles. The molecule has 3 aromatic carbocycles. The lowest BCUT2D eigenvalue weighted by molar-refractivity contribution is 0.0621. The predicted octanol–water partition coefficient (Wildman–Crippen LogP) is 4.68. The summed E-state index contributed by atoms with van der Waals surface area (Å²) in [5.41, 5.74) is 4.42. The number of aryl methyl sites for hydroxylation is 1. The summed E-state index contributed by atoms with van der Waals surface area (Å²) in [6.45, 7) is 6.58. The fraction of sp³-hybridized carbons (Fsp3) is 0.241. The summed E-state index contributed by atoms with van der Waals surface area (Å²) in [6, 6.07) is 28.0. The number of nitrogens with zero attached hydrogens (tertiary/aromatic N) is 4. The van der Waals surface area contributed by atoms with E-state index in [1.54, 1.807) is 0 Å². The van der Waals surface area contributed by atoms with Gasteiger partial charge in [0, 0.05) is 44.5 Å². The van der Waals surface area contributed by atoms with Crippen LogP contribution in [-0.4, -0.2) is 64.8 Å². The number of hydrogen-bond donors (Lipinski definition) is 0. The van der Waals surface area contributed by atoms with Crippen molar-refractivity contribution >= 4 is 5.91 Å². The van der Waals surface area contributed by atoms with Gasteiger partial charge in [-0.3, -0.25) is 9.69 Å². The summed E-state index contributed by atoms with van der Waals surface area (Å²) in [5.74, 6) is 0.919. The lowest BCUT2D eigenvalue weighted by Gasteiger charge is -2.34. The Morgan fingerprint density at radius 1 is 0.857 bits per heavy atom. The van der Waals surface area contributed by atoms with Crippen molar-refractivity contribution in [3.8, 4) is 22.7 Å². The first-order chi connectivity index (χ1) is 17.2. The highest BCUT2D eigenvalue weighted by atomic mass is 16.5. The number of para-hydroxylation sites is 1. The Hall–Kier alpha value is -3.90. The minimum atomic E-state index is 0.0300. The van der Waals surface area contributed by atoms with Gasteiger partial charge in [-0.15, -0.1) is 0 Å². The summed E-state index contributed by atoms with van der Waals surface area (Å²) in [6.07, 6.45) is 1.87. The lowest BCUT2D eigenvalue weighted by Crippen LogP contribution is -2.49. The summed E-state index contributed by atoms with van der Waals surface area (Å²) in [4.78, 5) is 17.9. The second kappa shape index (κ2) is 10.6. The fourth-order valence-electron chi connectivity index (χ4n) is 4.32. The molecule has 0 atom stereocenters. The Morgan fingerprint density at radius 2 is 1.51 bits per heavy atom. The monoisotopic (exact) mass is 466 g/mol.